The fraction of sp³-hybridized carbons (Fsp3) is 0.375. The van der Waals surface area contributed by atoms with Crippen molar-refractivity contribution in [2.75, 3.05) is 13.6 Å². The number of rotatable bonds is 4. The average Bonchev–Trinajstić information content (AvgIpc) is 3.14. The van der Waals surface area contributed by atoms with Gasteiger partial charge in [-0.25, -0.2) is 4.98 Å². The summed E-state index contributed by atoms with van der Waals surface area (Å²) in [6, 6.07) is 6.51. The monoisotopic (exact) mass is 283 g/mol. The highest BCUT2D eigenvalue weighted by atomic mass is 15.2. The molecule has 2 heterocycles. The van der Waals surface area contributed by atoms with E-state index in [4.69, 9.17) is 0 Å². The average molecular weight is 283 g/mol. The van der Waals surface area contributed by atoms with E-state index in [9.17, 15) is 0 Å². The minimum Gasteiger partial charge on any atom is -0.356 e. The Labute approximate surface area is 124 Å². The number of fused-ring (bicyclic) bond motifs is 1. The number of nitrogens with one attached hydrogen (secondary N) is 2. The molecule has 5 heteroatoms. The Hall–Kier alpha value is -2.30. The molecular weight excluding hydrogens is 262 g/mol. The van der Waals surface area contributed by atoms with Gasteiger partial charge in [-0.2, -0.15) is 0 Å². The van der Waals surface area contributed by atoms with E-state index in [1.807, 2.05) is 35.8 Å². The number of pyridine rings is 1. The molecule has 5 nitrogen and oxygen atoms in total. The largest absolute Gasteiger partial charge is 0.356 e. The van der Waals surface area contributed by atoms with E-state index in [0.29, 0.717) is 6.04 Å². The number of nitrogens with zero attached hydrogens (tertiary/aromatic N) is 3. The summed E-state index contributed by atoms with van der Waals surface area (Å²) in [5, 5.41) is 6.78. The molecule has 1 aliphatic rings. The standard InChI is InChI=1S/C16H21N5/c1-17-16(20-13-6-2-3-7-13)18-10-9-14-12-21-11-5-4-8-15(21)19-14/h2-5,8,11-13H,6-7,9-10H2,1H3,(H2,17,18,20). The smallest absolute Gasteiger partial charge is 0.191 e. The molecule has 21 heavy (non-hydrogen) atoms. The van der Waals surface area contributed by atoms with Crippen LogP contribution < -0.4 is 10.6 Å². The minimum absolute atomic E-state index is 0.478. The third-order valence-electron chi connectivity index (χ3n) is 3.66. The van der Waals surface area contributed by atoms with Crippen LogP contribution in [0.3, 0.4) is 0 Å². The Morgan fingerprint density at radius 1 is 1.38 bits per heavy atom. The molecule has 0 aliphatic heterocycles. The van der Waals surface area contributed by atoms with Gasteiger partial charge in [0.15, 0.2) is 5.96 Å². The van der Waals surface area contributed by atoms with E-state index in [-0.39, 0.29) is 0 Å². The van der Waals surface area contributed by atoms with Crippen molar-refractivity contribution in [1.29, 1.82) is 0 Å². The number of aliphatic imine (C=N–C) groups is 1. The lowest BCUT2D eigenvalue weighted by atomic mass is 10.2. The fourth-order valence-corrected chi connectivity index (χ4v) is 2.54. The summed E-state index contributed by atoms with van der Waals surface area (Å²) in [7, 11) is 1.81. The van der Waals surface area contributed by atoms with Gasteiger partial charge in [-0.15, -0.1) is 0 Å². The van der Waals surface area contributed by atoms with Gasteiger partial charge in [0.2, 0.25) is 0 Å². The Morgan fingerprint density at radius 3 is 3.00 bits per heavy atom. The number of aromatic nitrogens is 2. The summed E-state index contributed by atoms with van der Waals surface area (Å²) >= 11 is 0. The van der Waals surface area contributed by atoms with E-state index >= 15 is 0 Å². The molecule has 0 bridgehead atoms. The normalized spacial score (nSPS) is 15.8. The van der Waals surface area contributed by atoms with Crippen LogP contribution in [0.2, 0.25) is 0 Å². The highest BCUT2D eigenvalue weighted by molar-refractivity contribution is 5.80. The molecule has 0 saturated heterocycles. The van der Waals surface area contributed by atoms with Crippen molar-refractivity contribution in [2.24, 2.45) is 4.99 Å². The summed E-state index contributed by atoms with van der Waals surface area (Å²) in [6.07, 6.45) is 11.6. The zero-order chi connectivity index (χ0) is 14.5. The molecule has 0 saturated carbocycles. The summed E-state index contributed by atoms with van der Waals surface area (Å²) in [5.41, 5.74) is 2.08. The van der Waals surface area contributed by atoms with Crippen LogP contribution in [0.25, 0.3) is 5.65 Å². The molecule has 0 atom stereocenters. The first kappa shape index (κ1) is 13.7. The first-order valence-corrected chi connectivity index (χ1v) is 7.40. The number of hydrogen-bond acceptors (Lipinski definition) is 2. The Balaban J connectivity index is 1.50. The third-order valence-corrected chi connectivity index (χ3v) is 3.66. The van der Waals surface area contributed by atoms with Crippen molar-refractivity contribution in [3.8, 4) is 0 Å². The zero-order valence-corrected chi connectivity index (χ0v) is 12.3. The molecule has 0 aromatic carbocycles. The summed E-state index contributed by atoms with van der Waals surface area (Å²) in [4.78, 5) is 8.86. The second-order valence-corrected chi connectivity index (χ2v) is 5.23. The van der Waals surface area contributed by atoms with Gasteiger partial charge in [-0.1, -0.05) is 18.2 Å². The van der Waals surface area contributed by atoms with Crippen molar-refractivity contribution in [2.45, 2.75) is 25.3 Å². The second-order valence-electron chi connectivity index (χ2n) is 5.23. The molecule has 0 spiro atoms. The van der Waals surface area contributed by atoms with Crippen LogP contribution in [0, 0.1) is 0 Å². The van der Waals surface area contributed by atoms with Crippen molar-refractivity contribution >= 4 is 11.6 Å². The molecule has 2 N–H and O–H groups in total. The first-order valence-electron chi connectivity index (χ1n) is 7.40. The molecule has 0 fully saturated rings. The summed E-state index contributed by atoms with van der Waals surface area (Å²) < 4.78 is 2.05. The Kier molecular flexibility index (Phi) is 4.19. The van der Waals surface area contributed by atoms with Crippen LogP contribution in [0.15, 0.2) is 47.7 Å². The molecule has 1 aliphatic carbocycles. The zero-order valence-electron chi connectivity index (χ0n) is 12.3. The summed E-state index contributed by atoms with van der Waals surface area (Å²) in [5.74, 6) is 0.868. The van der Waals surface area contributed by atoms with E-state index in [0.717, 1.165) is 43.1 Å². The molecule has 0 unspecified atom stereocenters. The minimum atomic E-state index is 0.478. The van der Waals surface area contributed by atoms with Crippen LogP contribution in [0.4, 0.5) is 0 Å². The Bertz CT molecular complexity index is 614. The lowest BCUT2D eigenvalue weighted by Gasteiger charge is -2.16. The molecule has 2 aromatic rings. The van der Waals surface area contributed by atoms with Gasteiger partial charge in [0, 0.05) is 38.4 Å². The number of guanidine groups is 1. The Morgan fingerprint density at radius 2 is 2.24 bits per heavy atom. The van der Waals surface area contributed by atoms with Gasteiger partial charge in [0.1, 0.15) is 5.65 Å². The van der Waals surface area contributed by atoms with E-state index in [2.05, 4.69) is 39.0 Å². The maximum atomic E-state index is 4.59. The summed E-state index contributed by atoms with van der Waals surface area (Å²) in [6.45, 7) is 0.823. The maximum Gasteiger partial charge on any atom is 0.191 e. The predicted octanol–water partition coefficient (Wildman–Crippen LogP) is 1.76. The van der Waals surface area contributed by atoms with Crippen LogP contribution in [0.1, 0.15) is 18.5 Å². The predicted molar refractivity (Wildman–Crippen MR) is 85.6 cm³/mol. The van der Waals surface area contributed by atoms with Gasteiger partial charge in [0.25, 0.3) is 0 Å². The van der Waals surface area contributed by atoms with E-state index < -0.39 is 0 Å². The van der Waals surface area contributed by atoms with E-state index in [1.165, 1.54) is 0 Å². The van der Waals surface area contributed by atoms with Gasteiger partial charge in [-0.3, -0.25) is 4.99 Å². The third kappa shape index (κ3) is 3.42. The van der Waals surface area contributed by atoms with Crippen LogP contribution in [-0.4, -0.2) is 35.0 Å². The maximum absolute atomic E-state index is 4.59. The topological polar surface area (TPSA) is 53.7 Å². The SMILES string of the molecule is CN=C(NCCc1cn2ccccc2n1)NC1CC=CC1. The first-order chi connectivity index (χ1) is 10.3. The fourth-order valence-electron chi connectivity index (χ4n) is 2.54. The van der Waals surface area contributed by atoms with Crippen LogP contribution in [-0.2, 0) is 6.42 Å². The molecule has 0 radical (unpaired) electrons. The van der Waals surface area contributed by atoms with Gasteiger partial charge in [0.05, 0.1) is 5.69 Å². The molecule has 0 amide bonds. The molecule has 3 rings (SSSR count). The van der Waals surface area contributed by atoms with Crippen LogP contribution >= 0.6 is 0 Å². The molecule has 2 aromatic heterocycles. The quantitative estimate of drug-likeness (QED) is 0.511. The molecule has 110 valence electrons. The van der Waals surface area contributed by atoms with E-state index in [1.54, 1.807) is 0 Å². The van der Waals surface area contributed by atoms with Crippen molar-refractivity contribution in [3.05, 3.63) is 48.4 Å². The van der Waals surface area contributed by atoms with Crippen molar-refractivity contribution < 1.29 is 0 Å². The van der Waals surface area contributed by atoms with Gasteiger partial charge in [-0.05, 0) is 25.0 Å². The highest BCUT2D eigenvalue weighted by Crippen LogP contribution is 2.08. The number of imidazole rings is 1. The lowest BCUT2D eigenvalue weighted by Crippen LogP contribution is -2.43. The highest BCUT2D eigenvalue weighted by Gasteiger charge is 2.11. The van der Waals surface area contributed by atoms with Crippen LogP contribution in [0.5, 0.6) is 0 Å². The molecular formula is C16H21N5. The van der Waals surface area contributed by atoms with Crippen molar-refractivity contribution in [3.63, 3.8) is 0 Å². The van der Waals surface area contributed by atoms with Gasteiger partial charge < -0.3 is 15.0 Å². The van der Waals surface area contributed by atoms with Gasteiger partial charge >= 0.3 is 0 Å². The lowest BCUT2D eigenvalue weighted by molar-refractivity contribution is 0.632. The number of hydrogen-bond donors (Lipinski definition) is 2. The second kappa shape index (κ2) is 6.43. The van der Waals surface area contributed by atoms with Crippen molar-refractivity contribution in [1.82, 2.24) is 20.0 Å².